The Kier molecular flexibility index (Phi) is 3.51. The van der Waals surface area contributed by atoms with E-state index in [-0.39, 0.29) is 5.97 Å². The van der Waals surface area contributed by atoms with E-state index in [4.69, 9.17) is 9.15 Å². The van der Waals surface area contributed by atoms with Crippen molar-refractivity contribution in [2.75, 3.05) is 26.2 Å². The number of nitrogens with zero attached hydrogens (tertiary/aromatic N) is 1. The Bertz CT molecular complexity index is 570. The quantitative estimate of drug-likeness (QED) is 0.792. The van der Waals surface area contributed by atoms with Crippen molar-refractivity contribution in [1.29, 1.82) is 0 Å². The van der Waals surface area contributed by atoms with Gasteiger partial charge in [0, 0.05) is 11.9 Å². The average molecular weight is 259 g/mol. The summed E-state index contributed by atoms with van der Waals surface area (Å²) in [4.78, 5) is 14.3. The summed E-state index contributed by atoms with van der Waals surface area (Å²) in [7, 11) is 0. The molecular weight excluding hydrogens is 242 g/mol. The molecule has 0 atom stereocenters. The Morgan fingerprint density at radius 2 is 2.05 bits per heavy atom. The van der Waals surface area contributed by atoms with Gasteiger partial charge in [0.25, 0.3) is 0 Å². The van der Waals surface area contributed by atoms with Gasteiger partial charge in [-0.2, -0.15) is 0 Å². The summed E-state index contributed by atoms with van der Waals surface area (Å²) in [5.74, 6) is -0.302. The van der Waals surface area contributed by atoms with Crippen LogP contribution in [0.4, 0.5) is 0 Å². The molecule has 100 valence electrons. The second-order valence-corrected chi connectivity index (χ2v) is 4.83. The van der Waals surface area contributed by atoms with Crippen LogP contribution in [-0.2, 0) is 4.74 Å². The number of furan rings is 1. The number of rotatable bonds is 4. The number of para-hydroxylation sites is 1. The molecule has 0 N–H and O–H groups in total. The standard InChI is InChI=1S/C15H17NO3/c17-15(18-10-9-16-7-3-4-8-16)13-11-19-14-6-2-1-5-12(13)14/h1-2,5-6,11H,3-4,7-10H2. The molecule has 1 aliphatic heterocycles. The number of hydrogen-bond donors (Lipinski definition) is 0. The van der Waals surface area contributed by atoms with Crippen molar-refractivity contribution in [1.82, 2.24) is 4.90 Å². The fourth-order valence-corrected chi connectivity index (χ4v) is 2.49. The summed E-state index contributed by atoms with van der Waals surface area (Å²) in [5, 5.41) is 0.814. The maximum atomic E-state index is 12.0. The van der Waals surface area contributed by atoms with Gasteiger partial charge in [-0.3, -0.25) is 4.90 Å². The molecule has 3 rings (SSSR count). The lowest BCUT2D eigenvalue weighted by atomic mass is 10.2. The van der Waals surface area contributed by atoms with Crippen molar-refractivity contribution in [2.24, 2.45) is 0 Å². The minimum absolute atomic E-state index is 0.302. The molecule has 0 unspecified atom stereocenters. The van der Waals surface area contributed by atoms with E-state index >= 15 is 0 Å². The molecule has 2 heterocycles. The molecule has 0 spiro atoms. The summed E-state index contributed by atoms with van der Waals surface area (Å²) in [6.07, 6.45) is 3.98. The molecular formula is C15H17NO3. The fourth-order valence-electron chi connectivity index (χ4n) is 2.49. The van der Waals surface area contributed by atoms with Crippen LogP contribution in [0.2, 0.25) is 0 Å². The van der Waals surface area contributed by atoms with Crippen molar-refractivity contribution < 1.29 is 13.9 Å². The normalized spacial score (nSPS) is 16.0. The number of carbonyl (C=O) groups excluding carboxylic acids is 1. The van der Waals surface area contributed by atoms with Crippen LogP contribution < -0.4 is 0 Å². The van der Waals surface area contributed by atoms with Crippen molar-refractivity contribution in [3.63, 3.8) is 0 Å². The van der Waals surface area contributed by atoms with Crippen LogP contribution in [0.5, 0.6) is 0 Å². The lowest BCUT2D eigenvalue weighted by Crippen LogP contribution is -2.25. The maximum Gasteiger partial charge on any atom is 0.342 e. The third-order valence-electron chi connectivity index (χ3n) is 3.54. The van der Waals surface area contributed by atoms with Gasteiger partial charge in [0.05, 0.1) is 0 Å². The van der Waals surface area contributed by atoms with Gasteiger partial charge in [-0.05, 0) is 32.0 Å². The van der Waals surface area contributed by atoms with Crippen molar-refractivity contribution in [3.8, 4) is 0 Å². The molecule has 1 saturated heterocycles. The summed E-state index contributed by atoms with van der Waals surface area (Å²) in [6, 6.07) is 7.49. The predicted octanol–water partition coefficient (Wildman–Crippen LogP) is 2.69. The Hall–Kier alpha value is -1.81. The second-order valence-electron chi connectivity index (χ2n) is 4.83. The first-order valence-corrected chi connectivity index (χ1v) is 6.70. The number of likely N-dealkylation sites (tertiary alicyclic amines) is 1. The van der Waals surface area contributed by atoms with E-state index in [0.29, 0.717) is 17.8 Å². The first kappa shape index (κ1) is 12.2. The summed E-state index contributed by atoms with van der Waals surface area (Å²) < 4.78 is 10.7. The summed E-state index contributed by atoms with van der Waals surface area (Å²) in [5.41, 5.74) is 1.23. The van der Waals surface area contributed by atoms with Crippen molar-refractivity contribution >= 4 is 16.9 Å². The molecule has 0 saturated carbocycles. The smallest absolute Gasteiger partial charge is 0.342 e. The third kappa shape index (κ3) is 2.63. The Morgan fingerprint density at radius 3 is 2.89 bits per heavy atom. The largest absolute Gasteiger partial charge is 0.463 e. The molecule has 4 heteroatoms. The van der Waals surface area contributed by atoms with E-state index in [0.717, 1.165) is 25.0 Å². The highest BCUT2D eigenvalue weighted by molar-refractivity contribution is 6.03. The highest BCUT2D eigenvalue weighted by atomic mass is 16.5. The van der Waals surface area contributed by atoms with E-state index in [1.165, 1.54) is 19.1 Å². The number of hydrogen-bond acceptors (Lipinski definition) is 4. The minimum atomic E-state index is -0.302. The topological polar surface area (TPSA) is 42.7 Å². The molecule has 1 aliphatic rings. The Labute approximate surface area is 111 Å². The van der Waals surface area contributed by atoms with E-state index < -0.39 is 0 Å². The van der Waals surface area contributed by atoms with Crippen LogP contribution in [-0.4, -0.2) is 37.1 Å². The van der Waals surface area contributed by atoms with Gasteiger partial charge in [0.15, 0.2) is 0 Å². The first-order chi connectivity index (χ1) is 9.34. The van der Waals surface area contributed by atoms with Gasteiger partial charge in [-0.25, -0.2) is 4.79 Å². The second kappa shape index (κ2) is 5.45. The maximum absolute atomic E-state index is 12.0. The van der Waals surface area contributed by atoms with E-state index in [1.54, 1.807) is 0 Å². The molecule has 2 aromatic rings. The van der Waals surface area contributed by atoms with E-state index in [2.05, 4.69) is 4.90 Å². The molecule has 19 heavy (non-hydrogen) atoms. The first-order valence-electron chi connectivity index (χ1n) is 6.70. The number of ether oxygens (including phenoxy) is 1. The lowest BCUT2D eigenvalue weighted by Gasteiger charge is -2.13. The molecule has 1 aromatic heterocycles. The van der Waals surface area contributed by atoms with Gasteiger partial charge >= 0.3 is 5.97 Å². The Morgan fingerprint density at radius 1 is 1.26 bits per heavy atom. The summed E-state index contributed by atoms with van der Waals surface area (Å²) in [6.45, 7) is 3.50. The highest BCUT2D eigenvalue weighted by Crippen LogP contribution is 2.21. The van der Waals surface area contributed by atoms with Gasteiger partial charge in [-0.1, -0.05) is 18.2 Å². The molecule has 0 aliphatic carbocycles. The van der Waals surface area contributed by atoms with Crippen molar-refractivity contribution in [3.05, 3.63) is 36.1 Å². The van der Waals surface area contributed by atoms with Crippen LogP contribution >= 0.6 is 0 Å². The van der Waals surface area contributed by atoms with Crippen LogP contribution in [0, 0.1) is 0 Å². The van der Waals surface area contributed by atoms with Crippen LogP contribution in [0.3, 0.4) is 0 Å². The molecule has 0 amide bonds. The van der Waals surface area contributed by atoms with E-state index in [9.17, 15) is 4.79 Å². The van der Waals surface area contributed by atoms with Gasteiger partial charge in [-0.15, -0.1) is 0 Å². The molecule has 0 bridgehead atoms. The minimum Gasteiger partial charge on any atom is -0.463 e. The highest BCUT2D eigenvalue weighted by Gasteiger charge is 2.16. The van der Waals surface area contributed by atoms with E-state index in [1.807, 2.05) is 24.3 Å². The zero-order valence-corrected chi connectivity index (χ0v) is 10.8. The zero-order chi connectivity index (χ0) is 13.1. The van der Waals surface area contributed by atoms with Crippen LogP contribution in [0.15, 0.2) is 34.9 Å². The molecule has 1 aromatic carbocycles. The third-order valence-corrected chi connectivity index (χ3v) is 3.54. The Balaban J connectivity index is 1.60. The summed E-state index contributed by atoms with van der Waals surface area (Å²) >= 11 is 0. The van der Waals surface area contributed by atoms with Gasteiger partial charge < -0.3 is 9.15 Å². The lowest BCUT2D eigenvalue weighted by molar-refractivity contribution is 0.0473. The van der Waals surface area contributed by atoms with Crippen molar-refractivity contribution in [2.45, 2.75) is 12.8 Å². The van der Waals surface area contributed by atoms with Gasteiger partial charge in [0.1, 0.15) is 24.0 Å². The number of fused-ring (bicyclic) bond motifs is 1. The van der Waals surface area contributed by atoms with Crippen LogP contribution in [0.25, 0.3) is 11.0 Å². The predicted molar refractivity (Wildman–Crippen MR) is 72.2 cm³/mol. The zero-order valence-electron chi connectivity index (χ0n) is 10.8. The molecule has 1 fully saturated rings. The average Bonchev–Trinajstić information content (AvgIpc) is 3.07. The SMILES string of the molecule is O=C(OCCN1CCCC1)c1coc2ccccc12. The monoisotopic (exact) mass is 259 g/mol. The number of esters is 1. The molecule has 4 nitrogen and oxygen atoms in total. The van der Waals surface area contributed by atoms with Crippen LogP contribution in [0.1, 0.15) is 23.2 Å². The number of benzene rings is 1. The number of carbonyl (C=O) groups is 1. The van der Waals surface area contributed by atoms with Gasteiger partial charge in [0.2, 0.25) is 0 Å². The fraction of sp³-hybridized carbons (Fsp3) is 0.400. The molecule has 0 radical (unpaired) electrons.